The minimum atomic E-state index is 0.243. The van der Waals surface area contributed by atoms with Crippen molar-refractivity contribution in [3.05, 3.63) is 58.1 Å². The van der Waals surface area contributed by atoms with E-state index in [1.807, 2.05) is 31.3 Å². The lowest BCUT2D eigenvalue weighted by atomic mass is 10.1. The first-order valence-corrected chi connectivity index (χ1v) is 8.16. The van der Waals surface area contributed by atoms with Gasteiger partial charge in [-0.15, -0.1) is 0 Å². The van der Waals surface area contributed by atoms with E-state index in [9.17, 15) is 0 Å². The molecule has 0 saturated carbocycles. The predicted octanol–water partition coefficient (Wildman–Crippen LogP) is 5.47. The largest absolute Gasteiger partial charge is 0.457 e. The Hall–Kier alpha value is -1.32. The maximum absolute atomic E-state index is 6.08. The molecule has 2 nitrogen and oxygen atoms in total. The van der Waals surface area contributed by atoms with E-state index in [0.717, 1.165) is 34.4 Å². The standard InChI is InChI=1S/C18H22BrNO/c1-4-5-14-6-9-16(10-7-14)21-18-12-15(19)8-11-17(18)13(2)20-3/h6-13,20H,4-5H2,1-3H3. The van der Waals surface area contributed by atoms with Crippen LogP contribution in [-0.2, 0) is 6.42 Å². The zero-order valence-corrected chi connectivity index (χ0v) is 14.4. The van der Waals surface area contributed by atoms with Gasteiger partial charge in [0.1, 0.15) is 11.5 Å². The smallest absolute Gasteiger partial charge is 0.133 e. The molecule has 0 fully saturated rings. The van der Waals surface area contributed by atoms with Crippen LogP contribution >= 0.6 is 15.9 Å². The number of halogens is 1. The van der Waals surface area contributed by atoms with Gasteiger partial charge < -0.3 is 10.1 Å². The van der Waals surface area contributed by atoms with Crippen molar-refractivity contribution in [3.8, 4) is 11.5 Å². The first-order valence-electron chi connectivity index (χ1n) is 7.37. The molecule has 0 radical (unpaired) electrons. The Kier molecular flexibility index (Phi) is 5.83. The molecule has 3 heteroatoms. The minimum absolute atomic E-state index is 0.243. The Morgan fingerprint density at radius 2 is 1.86 bits per heavy atom. The second-order valence-corrected chi connectivity index (χ2v) is 6.10. The van der Waals surface area contributed by atoms with Gasteiger partial charge in [0.25, 0.3) is 0 Å². The number of nitrogens with one attached hydrogen (secondary N) is 1. The van der Waals surface area contributed by atoms with Crippen LogP contribution < -0.4 is 10.1 Å². The molecule has 0 aromatic heterocycles. The van der Waals surface area contributed by atoms with Crippen LogP contribution in [0.1, 0.15) is 37.4 Å². The summed E-state index contributed by atoms with van der Waals surface area (Å²) in [5.41, 5.74) is 2.50. The molecule has 0 aliphatic rings. The molecular weight excluding hydrogens is 326 g/mol. The van der Waals surface area contributed by atoms with Gasteiger partial charge in [0.15, 0.2) is 0 Å². The molecule has 1 unspecified atom stereocenters. The lowest BCUT2D eigenvalue weighted by Gasteiger charge is -2.17. The van der Waals surface area contributed by atoms with Gasteiger partial charge in [-0.1, -0.05) is 47.5 Å². The van der Waals surface area contributed by atoms with E-state index in [0.29, 0.717) is 0 Å². The van der Waals surface area contributed by atoms with E-state index in [2.05, 4.69) is 53.3 Å². The highest BCUT2D eigenvalue weighted by atomic mass is 79.9. The molecule has 1 atom stereocenters. The molecule has 2 aromatic carbocycles. The number of rotatable bonds is 6. The highest BCUT2D eigenvalue weighted by Gasteiger charge is 2.11. The zero-order chi connectivity index (χ0) is 15.2. The van der Waals surface area contributed by atoms with Crippen LogP contribution in [0.25, 0.3) is 0 Å². The van der Waals surface area contributed by atoms with Gasteiger partial charge in [-0.05, 0) is 50.2 Å². The maximum Gasteiger partial charge on any atom is 0.133 e. The summed E-state index contributed by atoms with van der Waals surface area (Å²) in [5, 5.41) is 3.26. The van der Waals surface area contributed by atoms with Crippen molar-refractivity contribution >= 4 is 15.9 Å². The van der Waals surface area contributed by atoms with Crippen molar-refractivity contribution in [2.24, 2.45) is 0 Å². The molecule has 0 spiro atoms. The van der Waals surface area contributed by atoms with E-state index in [1.54, 1.807) is 0 Å². The Bertz CT molecular complexity index is 580. The van der Waals surface area contributed by atoms with E-state index >= 15 is 0 Å². The third-order valence-corrected chi connectivity index (χ3v) is 4.06. The van der Waals surface area contributed by atoms with Gasteiger partial charge in [0.05, 0.1) is 0 Å². The fraction of sp³-hybridized carbons (Fsp3) is 0.333. The van der Waals surface area contributed by atoms with Crippen LogP contribution in [0, 0.1) is 0 Å². The zero-order valence-electron chi connectivity index (χ0n) is 12.8. The Morgan fingerprint density at radius 3 is 2.48 bits per heavy atom. The lowest BCUT2D eigenvalue weighted by Crippen LogP contribution is -2.13. The summed E-state index contributed by atoms with van der Waals surface area (Å²) in [6, 6.07) is 14.7. The van der Waals surface area contributed by atoms with E-state index < -0.39 is 0 Å². The monoisotopic (exact) mass is 347 g/mol. The molecule has 0 aliphatic carbocycles. The molecule has 112 valence electrons. The molecule has 0 saturated heterocycles. The summed E-state index contributed by atoms with van der Waals surface area (Å²) in [7, 11) is 1.95. The van der Waals surface area contributed by atoms with Crippen molar-refractivity contribution in [3.63, 3.8) is 0 Å². The van der Waals surface area contributed by atoms with Crippen molar-refractivity contribution in [2.75, 3.05) is 7.05 Å². The summed E-state index contributed by atoms with van der Waals surface area (Å²) in [6.45, 7) is 4.32. The topological polar surface area (TPSA) is 21.3 Å². The maximum atomic E-state index is 6.08. The molecule has 1 N–H and O–H groups in total. The van der Waals surface area contributed by atoms with Gasteiger partial charge in [0, 0.05) is 16.1 Å². The van der Waals surface area contributed by atoms with Crippen LogP contribution in [0.5, 0.6) is 11.5 Å². The summed E-state index contributed by atoms with van der Waals surface area (Å²) < 4.78 is 7.10. The molecular formula is C18H22BrNO. The molecule has 21 heavy (non-hydrogen) atoms. The number of benzene rings is 2. The van der Waals surface area contributed by atoms with E-state index in [1.165, 1.54) is 5.56 Å². The van der Waals surface area contributed by atoms with Crippen molar-refractivity contribution in [1.82, 2.24) is 5.32 Å². The summed E-state index contributed by atoms with van der Waals surface area (Å²) >= 11 is 3.51. The van der Waals surface area contributed by atoms with Crippen LogP contribution in [-0.4, -0.2) is 7.05 Å². The van der Waals surface area contributed by atoms with E-state index in [4.69, 9.17) is 4.74 Å². The third kappa shape index (κ3) is 4.32. The first-order chi connectivity index (χ1) is 10.1. The number of ether oxygens (including phenoxy) is 1. The molecule has 0 amide bonds. The molecule has 0 bridgehead atoms. The van der Waals surface area contributed by atoms with Crippen LogP contribution in [0.3, 0.4) is 0 Å². The van der Waals surface area contributed by atoms with Crippen LogP contribution in [0.15, 0.2) is 46.9 Å². The average Bonchev–Trinajstić information content (AvgIpc) is 2.49. The molecule has 0 heterocycles. The lowest BCUT2D eigenvalue weighted by molar-refractivity contribution is 0.466. The Labute approximate surface area is 135 Å². The second-order valence-electron chi connectivity index (χ2n) is 5.19. The second kappa shape index (κ2) is 7.62. The third-order valence-electron chi connectivity index (χ3n) is 3.56. The first kappa shape index (κ1) is 16.1. The fourth-order valence-electron chi connectivity index (χ4n) is 2.25. The van der Waals surface area contributed by atoms with Gasteiger partial charge in [0.2, 0.25) is 0 Å². The SMILES string of the molecule is CCCc1ccc(Oc2cc(Br)ccc2C(C)NC)cc1. The van der Waals surface area contributed by atoms with Crippen molar-refractivity contribution in [1.29, 1.82) is 0 Å². The quantitative estimate of drug-likeness (QED) is 0.747. The van der Waals surface area contributed by atoms with Gasteiger partial charge in [-0.3, -0.25) is 0 Å². The minimum Gasteiger partial charge on any atom is -0.457 e. The number of aryl methyl sites for hydroxylation is 1. The average molecular weight is 348 g/mol. The van der Waals surface area contributed by atoms with Crippen LogP contribution in [0.2, 0.25) is 0 Å². The summed E-state index contributed by atoms with van der Waals surface area (Å²) in [6.07, 6.45) is 2.27. The fourth-order valence-corrected chi connectivity index (χ4v) is 2.59. The highest BCUT2D eigenvalue weighted by molar-refractivity contribution is 9.10. The van der Waals surface area contributed by atoms with Gasteiger partial charge in [-0.2, -0.15) is 0 Å². The Morgan fingerprint density at radius 1 is 1.14 bits per heavy atom. The number of hydrogen-bond donors (Lipinski definition) is 1. The molecule has 0 aliphatic heterocycles. The van der Waals surface area contributed by atoms with Crippen LogP contribution in [0.4, 0.5) is 0 Å². The van der Waals surface area contributed by atoms with Gasteiger partial charge in [-0.25, -0.2) is 0 Å². The normalized spacial score (nSPS) is 12.2. The summed E-state index contributed by atoms with van der Waals surface area (Å²) in [4.78, 5) is 0. The number of hydrogen-bond acceptors (Lipinski definition) is 2. The molecule has 2 aromatic rings. The summed E-state index contributed by atoms with van der Waals surface area (Å²) in [5.74, 6) is 1.76. The predicted molar refractivity (Wildman–Crippen MR) is 92.1 cm³/mol. The van der Waals surface area contributed by atoms with Gasteiger partial charge >= 0.3 is 0 Å². The van der Waals surface area contributed by atoms with E-state index in [-0.39, 0.29) is 6.04 Å². The van der Waals surface area contributed by atoms with Crippen molar-refractivity contribution < 1.29 is 4.74 Å². The molecule has 2 rings (SSSR count). The Balaban J connectivity index is 2.23. The van der Waals surface area contributed by atoms with Crippen molar-refractivity contribution in [2.45, 2.75) is 32.7 Å². The highest BCUT2D eigenvalue weighted by Crippen LogP contribution is 2.32.